The molecule has 0 radical (unpaired) electrons. The highest BCUT2D eigenvalue weighted by molar-refractivity contribution is 6.03. The molecule has 1 N–H and O–H groups in total. The Bertz CT molecular complexity index is 2600. The van der Waals surface area contributed by atoms with Crippen LogP contribution in [-0.4, -0.2) is 28.2 Å². The number of aromatic nitrogens is 2. The highest BCUT2D eigenvalue weighted by Crippen LogP contribution is 2.38. The van der Waals surface area contributed by atoms with Crippen molar-refractivity contribution in [1.82, 2.24) is 9.97 Å². The van der Waals surface area contributed by atoms with Gasteiger partial charge in [-0.05, 0) is 116 Å². The largest absolute Gasteiger partial charge is 0.494 e. The molecule has 3 aromatic heterocycles. The second-order valence-corrected chi connectivity index (χ2v) is 12.5. The first kappa shape index (κ1) is 36.6. The van der Waals surface area contributed by atoms with E-state index in [-0.39, 0.29) is 11.8 Å². The Morgan fingerprint density at radius 1 is 0.982 bits per heavy atom. The van der Waals surface area contributed by atoms with Crippen LogP contribution in [0, 0.1) is 28.1 Å². The Morgan fingerprint density at radius 2 is 1.73 bits per heavy atom. The zero-order valence-electron chi connectivity index (χ0n) is 30.5. The molecule has 7 rings (SSSR count). The van der Waals surface area contributed by atoms with Crippen LogP contribution in [0.1, 0.15) is 65.9 Å². The van der Waals surface area contributed by atoms with Crippen molar-refractivity contribution in [1.29, 1.82) is 5.26 Å². The summed E-state index contributed by atoms with van der Waals surface area (Å²) in [6, 6.07) is 32.7. The Balaban J connectivity index is 1.12. The summed E-state index contributed by atoms with van der Waals surface area (Å²) in [7, 11) is 0. The number of nitroso groups, excluding NO2 is 1. The van der Waals surface area contributed by atoms with E-state index in [0.717, 1.165) is 56.9 Å². The van der Waals surface area contributed by atoms with Crippen molar-refractivity contribution in [3.05, 3.63) is 160 Å². The van der Waals surface area contributed by atoms with Crippen molar-refractivity contribution in [3.63, 3.8) is 0 Å². The minimum Gasteiger partial charge on any atom is -0.494 e. The number of nitrogens with zero attached hydrogens (tertiary/aromatic N) is 5. The molecule has 0 fully saturated rings. The van der Waals surface area contributed by atoms with Gasteiger partial charge in [-0.3, -0.25) is 9.80 Å². The number of anilines is 1. The number of amides is 1. The topological polar surface area (TPSA) is 150 Å². The van der Waals surface area contributed by atoms with Gasteiger partial charge in [-0.2, -0.15) is 10.4 Å². The lowest BCUT2D eigenvalue weighted by atomic mass is 9.97. The van der Waals surface area contributed by atoms with Gasteiger partial charge in [0.1, 0.15) is 28.9 Å². The smallest absolute Gasteiger partial charge is 0.327 e. The predicted molar refractivity (Wildman–Crippen MR) is 216 cm³/mol. The van der Waals surface area contributed by atoms with E-state index in [9.17, 15) is 9.70 Å². The van der Waals surface area contributed by atoms with E-state index >= 15 is 0 Å². The molecule has 0 saturated heterocycles. The zero-order chi connectivity index (χ0) is 39.0. The van der Waals surface area contributed by atoms with Gasteiger partial charge in [0.2, 0.25) is 0 Å². The lowest BCUT2D eigenvalue weighted by Crippen LogP contribution is -2.18. The summed E-state index contributed by atoms with van der Waals surface area (Å²) in [5, 5.41) is 18.6. The van der Waals surface area contributed by atoms with Crippen LogP contribution in [0.15, 0.2) is 134 Å². The molecule has 1 aliphatic heterocycles. The predicted octanol–water partition coefficient (Wildman–Crippen LogP) is 9.96. The number of ether oxygens (including phenoxy) is 1. The molecule has 11 heteroatoms. The number of nitriles is 1. The summed E-state index contributed by atoms with van der Waals surface area (Å²) in [6.45, 7) is 8.37. The van der Waals surface area contributed by atoms with Crippen molar-refractivity contribution < 1.29 is 18.4 Å². The standard InChI is InChI=1S/C45H34N6O5/c1-4-7-39-38(5-2)47-44(48-39)43-25-24-42(56-43)32-13-17-34(18-14-32)51-41(31-15-20-35(21-16-31)54-6-3)27-40(49-51)30-11-8-29(9-12-30)10-19-36-22-23-37(55-36)26-33(28-46)45(52)50-53/h4-5,7-9,11-18,20-26,41H,2,6,27H2,1,3H3,(H,47,48)/b7-4-,33-26+. The minimum absolute atomic E-state index is 0.0630. The summed E-state index contributed by atoms with van der Waals surface area (Å²) in [5.74, 6) is 8.19. The van der Waals surface area contributed by atoms with Crippen LogP contribution in [0.5, 0.6) is 5.75 Å². The van der Waals surface area contributed by atoms with Gasteiger partial charge in [0.05, 0.1) is 35.4 Å². The number of imidazole rings is 1. The van der Waals surface area contributed by atoms with E-state index in [2.05, 4.69) is 50.7 Å². The maximum Gasteiger partial charge on any atom is 0.327 e. The fraction of sp³-hybridized carbons (Fsp3) is 0.111. The normalized spacial score (nSPS) is 13.9. The van der Waals surface area contributed by atoms with Gasteiger partial charge in [0, 0.05) is 28.8 Å². The third-order valence-electron chi connectivity index (χ3n) is 8.93. The monoisotopic (exact) mass is 738 g/mol. The highest BCUT2D eigenvalue weighted by Gasteiger charge is 2.30. The molecule has 1 unspecified atom stereocenters. The molecular weight excluding hydrogens is 705 g/mol. The maximum absolute atomic E-state index is 11.5. The SMILES string of the molecule is C=Cc1nc(-c2ccc(-c3ccc(N4N=C(c5ccc(C#Cc6ccc(/C=C(\C#N)C(=O)N=O)o6)cc5)CC4c4ccc(OCC)cc4)cc3)o2)[nH]c1/C=C\C. The summed E-state index contributed by atoms with van der Waals surface area (Å²) in [6.07, 6.45) is 7.43. The number of allylic oxidation sites excluding steroid dienone is 1. The molecule has 11 nitrogen and oxygen atoms in total. The van der Waals surface area contributed by atoms with E-state index in [1.54, 1.807) is 24.3 Å². The number of hydrazone groups is 1. The lowest BCUT2D eigenvalue weighted by molar-refractivity contribution is -0.114. The first-order valence-corrected chi connectivity index (χ1v) is 17.8. The Labute approximate surface area is 322 Å². The number of carbonyl (C=O) groups excluding carboxylic acids is 1. The van der Waals surface area contributed by atoms with E-state index in [0.29, 0.717) is 36.1 Å². The van der Waals surface area contributed by atoms with E-state index in [1.807, 2.05) is 98.8 Å². The molecule has 274 valence electrons. The first-order chi connectivity index (χ1) is 27.4. The molecular formula is C45H34N6O5. The van der Waals surface area contributed by atoms with Crippen molar-refractivity contribution in [3.8, 4) is 46.6 Å². The van der Waals surface area contributed by atoms with E-state index in [4.69, 9.17) is 23.9 Å². The third kappa shape index (κ3) is 7.93. The first-order valence-electron chi connectivity index (χ1n) is 17.8. The number of hydrogen-bond donors (Lipinski definition) is 1. The van der Waals surface area contributed by atoms with Crippen LogP contribution in [-0.2, 0) is 4.79 Å². The Hall–Kier alpha value is -7.76. The van der Waals surface area contributed by atoms with Crippen molar-refractivity contribution in [2.45, 2.75) is 26.3 Å². The number of H-pyrrole nitrogens is 1. The molecule has 1 aliphatic rings. The second kappa shape index (κ2) is 16.5. The molecule has 56 heavy (non-hydrogen) atoms. The van der Waals surface area contributed by atoms with Crippen molar-refractivity contribution in [2.24, 2.45) is 10.3 Å². The van der Waals surface area contributed by atoms with Gasteiger partial charge in [-0.25, -0.2) is 4.98 Å². The second-order valence-electron chi connectivity index (χ2n) is 12.5. The zero-order valence-corrected chi connectivity index (χ0v) is 30.5. The summed E-state index contributed by atoms with van der Waals surface area (Å²) >= 11 is 0. The molecule has 1 amide bonds. The van der Waals surface area contributed by atoms with E-state index < -0.39 is 11.5 Å². The van der Waals surface area contributed by atoms with Gasteiger partial charge in [-0.15, -0.1) is 4.91 Å². The molecule has 3 aromatic carbocycles. The number of carbonyl (C=O) groups is 1. The molecule has 4 heterocycles. The van der Waals surface area contributed by atoms with Crippen LogP contribution in [0.2, 0.25) is 0 Å². The Kier molecular flexibility index (Phi) is 10.8. The fourth-order valence-electron chi connectivity index (χ4n) is 6.21. The van der Waals surface area contributed by atoms with Crippen LogP contribution < -0.4 is 9.75 Å². The lowest BCUT2D eigenvalue weighted by Gasteiger charge is -2.24. The third-order valence-corrected chi connectivity index (χ3v) is 8.93. The molecule has 0 spiro atoms. The summed E-state index contributed by atoms with van der Waals surface area (Å²) in [5.41, 5.74) is 6.80. The molecule has 0 aliphatic carbocycles. The van der Waals surface area contributed by atoms with Gasteiger partial charge >= 0.3 is 5.91 Å². The van der Waals surface area contributed by atoms with Crippen LogP contribution in [0.4, 0.5) is 5.69 Å². The number of aromatic amines is 1. The molecule has 0 bridgehead atoms. The van der Waals surface area contributed by atoms with Gasteiger partial charge < -0.3 is 18.6 Å². The van der Waals surface area contributed by atoms with Crippen LogP contribution in [0.25, 0.3) is 41.1 Å². The van der Waals surface area contributed by atoms with Gasteiger partial charge in [0.25, 0.3) is 0 Å². The number of furan rings is 2. The molecule has 0 saturated carbocycles. The molecule has 1 atom stereocenters. The van der Waals surface area contributed by atoms with Gasteiger partial charge in [-0.1, -0.05) is 42.8 Å². The Morgan fingerprint density at radius 3 is 2.43 bits per heavy atom. The fourth-order valence-corrected chi connectivity index (χ4v) is 6.21. The van der Waals surface area contributed by atoms with Gasteiger partial charge in [0.15, 0.2) is 17.3 Å². The number of nitrogens with one attached hydrogen (secondary N) is 1. The van der Waals surface area contributed by atoms with Crippen LogP contribution in [0.3, 0.4) is 0 Å². The van der Waals surface area contributed by atoms with Crippen molar-refractivity contribution in [2.75, 3.05) is 11.6 Å². The summed E-state index contributed by atoms with van der Waals surface area (Å²) < 4.78 is 17.5. The quantitative estimate of drug-likeness (QED) is 0.0597. The number of benzene rings is 3. The summed E-state index contributed by atoms with van der Waals surface area (Å²) in [4.78, 5) is 29.9. The van der Waals surface area contributed by atoms with E-state index in [1.165, 1.54) is 0 Å². The molecule has 6 aromatic rings. The number of hydrogen-bond acceptors (Lipinski definition) is 9. The average molecular weight is 739 g/mol. The maximum atomic E-state index is 11.5. The minimum atomic E-state index is -1.16. The highest BCUT2D eigenvalue weighted by atomic mass is 16.5. The number of rotatable bonds is 11. The average Bonchev–Trinajstić information content (AvgIpc) is 4.07. The van der Waals surface area contributed by atoms with Crippen LogP contribution >= 0.6 is 0 Å². The van der Waals surface area contributed by atoms with Crippen molar-refractivity contribution >= 4 is 35.5 Å².